The van der Waals surface area contributed by atoms with Crippen LogP contribution in [0, 0.1) is 20.0 Å². The molecule has 0 amide bonds. The Labute approximate surface area is 245 Å². The fraction of sp³-hybridized carbons (Fsp3) is 0.310. The molecule has 0 bridgehead atoms. The molecule has 0 radical (unpaired) electrons. The van der Waals surface area contributed by atoms with Crippen LogP contribution in [-0.2, 0) is 44.7 Å². The first-order valence-electron chi connectivity index (χ1n) is 12.0. The van der Waals surface area contributed by atoms with E-state index < -0.39 is 24.7 Å². The van der Waals surface area contributed by atoms with Gasteiger partial charge in [-0.05, 0) is 38.8 Å². The minimum absolute atomic E-state index is 0. The van der Waals surface area contributed by atoms with Gasteiger partial charge in [0, 0.05) is 17.1 Å². The second-order valence-electron chi connectivity index (χ2n) is 10.9. The summed E-state index contributed by atoms with van der Waals surface area (Å²) < 4.78 is 36.4. The molecule has 1 atom stereocenters. The van der Waals surface area contributed by atoms with Crippen LogP contribution < -0.4 is 10.4 Å². The standard InChI is InChI=1S/C26H34O3Si3.3CO.Fe/c1-19-23-22(25(30(2,3)4)24(27)26(23)31(5,6)7)18-28-32(29-19,20-14-10-8-11-15-20)21-16-12-9-13-17-21;3*1-2;/h8-17,19H,18H2,1-7H3;;;;/t19-;;;;/m0..../s1. The molecule has 0 unspecified atom stereocenters. The van der Waals surface area contributed by atoms with Crippen molar-refractivity contribution in [3.63, 3.8) is 0 Å². The maximum absolute atomic E-state index is 13.8. The van der Waals surface area contributed by atoms with E-state index in [2.05, 4.69) is 115 Å². The summed E-state index contributed by atoms with van der Waals surface area (Å²) in [7, 11) is -6.74. The molecule has 2 aromatic rings. The number of Topliss-reactive ketones (excluding diaryl/α,β-unsaturated/α-hetero) is 1. The van der Waals surface area contributed by atoms with E-state index in [4.69, 9.17) is 22.8 Å². The molecule has 2 aliphatic rings. The van der Waals surface area contributed by atoms with Crippen molar-refractivity contribution in [1.29, 1.82) is 0 Å². The fourth-order valence-electron chi connectivity index (χ4n) is 5.11. The van der Waals surface area contributed by atoms with Crippen LogP contribution in [0.4, 0.5) is 0 Å². The van der Waals surface area contributed by atoms with E-state index in [0.29, 0.717) is 6.61 Å². The Morgan fingerprint density at radius 1 is 0.744 bits per heavy atom. The van der Waals surface area contributed by atoms with Crippen molar-refractivity contribution in [3.05, 3.63) is 102 Å². The van der Waals surface area contributed by atoms with E-state index in [1.165, 1.54) is 0 Å². The minimum Gasteiger partial charge on any atom is 0 e. The Balaban J connectivity index is 0.00000193. The fourth-order valence-corrected chi connectivity index (χ4v) is 12.4. The molecule has 4 rings (SSSR count). The Morgan fingerprint density at radius 2 is 1.13 bits per heavy atom. The predicted octanol–water partition coefficient (Wildman–Crippen LogP) is 4.49. The molecule has 0 saturated carbocycles. The van der Waals surface area contributed by atoms with Crippen LogP contribution in [0.2, 0.25) is 39.3 Å². The second kappa shape index (κ2) is 15.6. The molecule has 1 fully saturated rings. The van der Waals surface area contributed by atoms with Gasteiger partial charge in [0.25, 0.3) is 0 Å². The number of rotatable bonds is 4. The van der Waals surface area contributed by atoms with Crippen molar-refractivity contribution in [3.8, 4) is 0 Å². The third-order valence-corrected chi connectivity index (χ3v) is 13.8. The summed E-state index contributed by atoms with van der Waals surface area (Å²) in [5, 5.41) is 4.31. The summed E-state index contributed by atoms with van der Waals surface area (Å²) >= 11 is 0. The molecule has 1 aliphatic heterocycles. The van der Waals surface area contributed by atoms with Gasteiger partial charge in [0.05, 0.1) is 28.9 Å². The Bertz CT molecular complexity index is 1180. The van der Waals surface area contributed by atoms with Gasteiger partial charge in [-0.15, -0.1) is 0 Å². The van der Waals surface area contributed by atoms with Crippen LogP contribution in [0.3, 0.4) is 0 Å². The molecule has 0 aromatic heterocycles. The summed E-state index contributed by atoms with van der Waals surface area (Å²) in [4.78, 5) is 13.8. The molecular weight excluding hydrogens is 584 g/mol. The van der Waals surface area contributed by atoms with Crippen LogP contribution in [0.25, 0.3) is 0 Å². The first kappa shape index (κ1) is 36.9. The normalized spacial score (nSPS) is 17.9. The van der Waals surface area contributed by atoms with Gasteiger partial charge in [-0.2, -0.15) is 0 Å². The molecule has 2 aromatic carbocycles. The quantitative estimate of drug-likeness (QED) is 0.287. The number of benzene rings is 2. The Kier molecular flexibility index (Phi) is 14.8. The summed E-state index contributed by atoms with van der Waals surface area (Å²) in [5.74, 6) is 0.279. The van der Waals surface area contributed by atoms with Gasteiger partial charge in [-0.25, -0.2) is 0 Å². The van der Waals surface area contributed by atoms with Crippen molar-refractivity contribution >= 4 is 40.9 Å². The number of hydrogen-bond donors (Lipinski definition) is 0. The van der Waals surface area contributed by atoms with Crippen molar-refractivity contribution in [2.75, 3.05) is 6.61 Å². The topological polar surface area (TPSA) is 95.2 Å². The van der Waals surface area contributed by atoms with Crippen LogP contribution in [-0.4, -0.2) is 43.2 Å². The third-order valence-electron chi connectivity index (χ3n) is 6.33. The number of carbonyl (C=O) groups is 1. The molecule has 1 heterocycles. The van der Waals surface area contributed by atoms with Crippen molar-refractivity contribution in [2.24, 2.45) is 0 Å². The summed E-state index contributed by atoms with van der Waals surface area (Å²) in [6, 6.07) is 20.8. The molecule has 1 saturated heterocycles. The SMILES string of the molecule is C[C@@H]1O[Si](c2ccccc2)(c2ccccc2)OCC2=C([Si](C)(C)C)C(=O)C([Si](C)(C)C)=C21.[C-]#[O+].[C-]#[O+].[C-]#[O+].[Fe]. The zero-order chi connectivity index (χ0) is 29.3. The Morgan fingerprint density at radius 3 is 1.49 bits per heavy atom. The zero-order valence-corrected chi connectivity index (χ0v) is 27.5. The number of fused-ring (bicyclic) bond motifs is 1. The monoisotopic (exact) mass is 618 g/mol. The average molecular weight is 619 g/mol. The summed E-state index contributed by atoms with van der Waals surface area (Å²) in [6.07, 6.45) is -0.195. The molecule has 1 aliphatic carbocycles. The van der Waals surface area contributed by atoms with Gasteiger partial charge in [0.15, 0.2) is 5.78 Å². The van der Waals surface area contributed by atoms with Gasteiger partial charge in [0.2, 0.25) is 0 Å². The van der Waals surface area contributed by atoms with Gasteiger partial charge in [-0.3, -0.25) is 4.79 Å². The Hall–Kier alpha value is -2.10. The molecule has 206 valence electrons. The van der Waals surface area contributed by atoms with Crippen molar-refractivity contribution in [1.82, 2.24) is 0 Å². The van der Waals surface area contributed by atoms with Gasteiger partial charge < -0.3 is 8.85 Å². The van der Waals surface area contributed by atoms with Gasteiger partial charge in [-0.1, -0.05) is 99.9 Å². The largest absolute Gasteiger partial charge is 0 e. The van der Waals surface area contributed by atoms with E-state index in [0.717, 1.165) is 31.9 Å². The maximum Gasteiger partial charge on any atom is 0 e. The maximum atomic E-state index is 13.8. The van der Waals surface area contributed by atoms with E-state index in [-0.39, 0.29) is 29.0 Å². The third kappa shape index (κ3) is 7.76. The van der Waals surface area contributed by atoms with Crippen LogP contribution in [0.5, 0.6) is 0 Å². The first-order valence-corrected chi connectivity index (χ1v) is 20.9. The van der Waals surface area contributed by atoms with Crippen LogP contribution >= 0.6 is 0 Å². The molecular formula is C29H34FeO6Si3. The summed E-state index contributed by atoms with van der Waals surface area (Å²) in [6.45, 7) is 29.7. The summed E-state index contributed by atoms with van der Waals surface area (Å²) in [5.41, 5.74) is 2.26. The van der Waals surface area contributed by atoms with Crippen molar-refractivity contribution < 1.29 is 44.7 Å². The first-order chi connectivity index (χ1) is 18.0. The van der Waals surface area contributed by atoms with E-state index in [9.17, 15) is 4.79 Å². The van der Waals surface area contributed by atoms with E-state index in [1.807, 2.05) is 12.1 Å². The molecule has 10 heteroatoms. The number of allylic oxidation sites excluding steroid dienone is 2. The molecule has 6 nitrogen and oxygen atoms in total. The number of hydrogen-bond acceptors (Lipinski definition) is 3. The van der Waals surface area contributed by atoms with Crippen LogP contribution in [0.1, 0.15) is 6.92 Å². The van der Waals surface area contributed by atoms with Crippen LogP contribution in [0.15, 0.2) is 82.2 Å². The minimum atomic E-state index is -2.96. The number of ketones is 1. The zero-order valence-electron chi connectivity index (χ0n) is 23.4. The van der Waals surface area contributed by atoms with E-state index >= 15 is 0 Å². The van der Waals surface area contributed by atoms with Gasteiger partial charge in [0.1, 0.15) is 0 Å². The molecule has 39 heavy (non-hydrogen) atoms. The van der Waals surface area contributed by atoms with Gasteiger partial charge >= 0.3 is 42.5 Å². The second-order valence-corrected chi connectivity index (χ2v) is 23.8. The van der Waals surface area contributed by atoms with E-state index in [1.54, 1.807) is 0 Å². The average Bonchev–Trinajstić information content (AvgIpc) is 3.16. The number of carbonyl (C=O) groups excluding carboxylic acids is 1. The smallest absolute Gasteiger partial charge is 0 e. The molecule has 0 spiro atoms. The predicted molar refractivity (Wildman–Crippen MR) is 152 cm³/mol. The molecule has 0 N–H and O–H groups in total. The van der Waals surface area contributed by atoms with Crippen molar-refractivity contribution in [2.45, 2.75) is 52.3 Å².